The Kier molecular flexibility index (Phi) is 7.45. The van der Waals surface area contributed by atoms with Crippen LogP contribution in [0.3, 0.4) is 0 Å². The largest absolute Gasteiger partial charge is 1.00 e. The van der Waals surface area contributed by atoms with Gasteiger partial charge in [0.05, 0.1) is 0 Å². The van der Waals surface area contributed by atoms with Crippen molar-refractivity contribution in [2.45, 2.75) is 18.4 Å². The molecule has 3 nitrogen and oxygen atoms in total. The maximum absolute atomic E-state index is 12.5. The van der Waals surface area contributed by atoms with Gasteiger partial charge in [-0.3, -0.25) is 4.90 Å². The number of aromatic hydroxyl groups is 1. The third-order valence-corrected chi connectivity index (χ3v) is 4.39. The van der Waals surface area contributed by atoms with Gasteiger partial charge in [-0.15, -0.1) is 0 Å². The van der Waals surface area contributed by atoms with Crippen LogP contribution < -0.4 is 51.4 Å². The average molecular weight is 340 g/mol. The Hall–Kier alpha value is 0.431. The van der Waals surface area contributed by atoms with Crippen molar-refractivity contribution in [2.24, 2.45) is 0 Å². The van der Waals surface area contributed by atoms with Crippen molar-refractivity contribution < 1.29 is 69.4 Å². The quantitative estimate of drug-likeness (QED) is 0.759. The minimum Gasteiger partial charge on any atom is -0.508 e. The summed E-state index contributed by atoms with van der Waals surface area (Å²) in [6.07, 6.45) is 0.453. The zero-order valence-corrected chi connectivity index (χ0v) is 16.5. The predicted molar refractivity (Wildman–Crippen MR) is 78.2 cm³/mol. The fraction of sp³-hybridized carbons (Fsp3) is 0.571. The smallest absolute Gasteiger partial charge is 0.508 e. The van der Waals surface area contributed by atoms with Gasteiger partial charge in [0.2, 0.25) is 0 Å². The molecular weight excluding hydrogens is 319 g/mol. The molecule has 2 rings (SSSR count). The van der Waals surface area contributed by atoms with E-state index in [1.54, 1.807) is 18.2 Å². The van der Waals surface area contributed by atoms with Crippen LogP contribution >= 0.6 is 0 Å². The second-order valence-electron chi connectivity index (χ2n) is 5.99. The molecule has 1 aromatic rings. The second-order valence-corrected chi connectivity index (χ2v) is 5.99. The Morgan fingerprint density at radius 3 is 2.27 bits per heavy atom. The summed E-state index contributed by atoms with van der Waals surface area (Å²) in [5.41, 5.74) is 0.651. The summed E-state index contributed by atoms with van der Waals surface area (Å²) in [4.78, 5) is 3.53. The number of phenolic OH excluding ortho intramolecular Hbond substituents is 1. The molecular formula is C14H21BF3KN2O. The first-order chi connectivity index (χ1) is 9.73. The van der Waals surface area contributed by atoms with E-state index in [1.165, 1.54) is 4.90 Å². The molecule has 1 aliphatic rings. The van der Waals surface area contributed by atoms with Gasteiger partial charge in [-0.05, 0) is 64.2 Å². The minimum absolute atomic E-state index is 0. The number of hydrogen-bond donors (Lipinski definition) is 1. The maximum atomic E-state index is 12.5. The van der Waals surface area contributed by atoms with Crippen molar-refractivity contribution in [3.05, 3.63) is 29.8 Å². The second kappa shape index (κ2) is 8.00. The SMILES string of the molecule is CN(C)C1(c2cccc(O)c2)CCN(C[B-](F)(F)F)CC1.[K+]. The van der Waals surface area contributed by atoms with E-state index >= 15 is 0 Å². The van der Waals surface area contributed by atoms with Gasteiger partial charge in [-0.1, -0.05) is 12.1 Å². The van der Waals surface area contributed by atoms with E-state index in [0.29, 0.717) is 25.9 Å². The Labute approximate surface area is 172 Å². The van der Waals surface area contributed by atoms with E-state index in [4.69, 9.17) is 0 Å². The first-order valence-electron chi connectivity index (χ1n) is 7.13. The summed E-state index contributed by atoms with van der Waals surface area (Å²) in [7, 11) is 3.88. The number of rotatable bonds is 4. The van der Waals surface area contributed by atoms with E-state index < -0.39 is 13.4 Å². The molecule has 8 heteroatoms. The van der Waals surface area contributed by atoms with Crippen LogP contribution in [-0.2, 0) is 5.54 Å². The molecule has 0 radical (unpaired) electrons. The van der Waals surface area contributed by atoms with E-state index in [-0.39, 0.29) is 62.7 Å². The number of phenols is 1. The van der Waals surface area contributed by atoms with Crippen LogP contribution in [0.4, 0.5) is 12.9 Å². The van der Waals surface area contributed by atoms with Crippen molar-refractivity contribution in [3.63, 3.8) is 0 Å². The number of piperidine rings is 1. The molecule has 1 aromatic carbocycles. The number of nitrogens with zero attached hydrogens (tertiary/aromatic N) is 2. The van der Waals surface area contributed by atoms with Crippen LogP contribution in [0.2, 0.25) is 0 Å². The molecule has 1 saturated heterocycles. The van der Waals surface area contributed by atoms with E-state index in [2.05, 4.69) is 4.90 Å². The molecule has 118 valence electrons. The first kappa shape index (κ1) is 20.5. The van der Waals surface area contributed by atoms with E-state index in [9.17, 15) is 18.1 Å². The fourth-order valence-corrected chi connectivity index (χ4v) is 3.19. The summed E-state index contributed by atoms with van der Waals surface area (Å²) in [6.45, 7) is -3.95. The van der Waals surface area contributed by atoms with Gasteiger partial charge in [0.15, 0.2) is 0 Å². The van der Waals surface area contributed by atoms with Crippen LogP contribution in [0, 0.1) is 0 Å². The molecule has 0 aromatic heterocycles. The summed E-state index contributed by atoms with van der Waals surface area (Å²) in [5.74, 6) is 0.190. The zero-order valence-electron chi connectivity index (χ0n) is 13.4. The van der Waals surface area contributed by atoms with Gasteiger partial charge in [0.1, 0.15) is 5.75 Å². The van der Waals surface area contributed by atoms with Crippen LogP contribution in [-0.4, -0.2) is 55.5 Å². The molecule has 0 atom stereocenters. The van der Waals surface area contributed by atoms with Crippen LogP contribution in [0.1, 0.15) is 18.4 Å². The van der Waals surface area contributed by atoms with Crippen LogP contribution in [0.15, 0.2) is 24.3 Å². The third-order valence-electron chi connectivity index (χ3n) is 4.39. The summed E-state index contributed by atoms with van der Waals surface area (Å²) >= 11 is 0. The summed E-state index contributed by atoms with van der Waals surface area (Å²) in [5, 5.41) is 9.67. The molecule has 1 aliphatic heterocycles. The first-order valence-corrected chi connectivity index (χ1v) is 7.13. The molecule has 0 aliphatic carbocycles. The van der Waals surface area contributed by atoms with Crippen LogP contribution in [0.25, 0.3) is 0 Å². The summed E-state index contributed by atoms with van der Waals surface area (Å²) < 4.78 is 37.6. The summed E-state index contributed by atoms with van der Waals surface area (Å²) in [6, 6.07) is 7.03. The van der Waals surface area contributed by atoms with Gasteiger partial charge in [-0.25, -0.2) is 0 Å². The van der Waals surface area contributed by atoms with Crippen molar-refractivity contribution in [1.29, 1.82) is 0 Å². The molecule has 0 amide bonds. The minimum atomic E-state index is -4.77. The topological polar surface area (TPSA) is 26.7 Å². The molecule has 0 saturated carbocycles. The maximum Gasteiger partial charge on any atom is 1.00 e. The Morgan fingerprint density at radius 1 is 1.23 bits per heavy atom. The standard InChI is InChI=1S/C14H21BF3N2O.K/c1-19(2)14(12-4-3-5-13(21)10-12)6-8-20(9-7-14)11-15(16,17)18;/h3-5,10,21H,6-9,11H2,1-2H3;/q-1;+1. The zero-order chi connectivity index (χ0) is 15.7. The number of likely N-dealkylation sites (tertiary alicyclic amines) is 1. The Balaban J connectivity index is 0.00000242. The molecule has 0 spiro atoms. The molecule has 1 heterocycles. The molecule has 1 fully saturated rings. The fourth-order valence-electron chi connectivity index (χ4n) is 3.19. The van der Waals surface area contributed by atoms with E-state index in [0.717, 1.165) is 5.56 Å². The number of halogens is 3. The van der Waals surface area contributed by atoms with Crippen molar-refractivity contribution in [1.82, 2.24) is 9.80 Å². The van der Waals surface area contributed by atoms with Crippen molar-refractivity contribution >= 4 is 6.98 Å². The van der Waals surface area contributed by atoms with Crippen LogP contribution in [0.5, 0.6) is 5.75 Å². The third kappa shape index (κ3) is 4.96. The van der Waals surface area contributed by atoms with Gasteiger partial charge >= 0.3 is 58.4 Å². The molecule has 0 bridgehead atoms. The van der Waals surface area contributed by atoms with E-state index in [1.807, 2.05) is 20.2 Å². The van der Waals surface area contributed by atoms with Gasteiger partial charge < -0.3 is 23.0 Å². The monoisotopic (exact) mass is 340 g/mol. The van der Waals surface area contributed by atoms with Gasteiger partial charge in [-0.2, -0.15) is 0 Å². The van der Waals surface area contributed by atoms with Gasteiger partial charge in [0, 0.05) is 5.54 Å². The van der Waals surface area contributed by atoms with Gasteiger partial charge in [0.25, 0.3) is 0 Å². The Bertz CT molecular complexity index is 491. The van der Waals surface area contributed by atoms with Crippen molar-refractivity contribution in [2.75, 3.05) is 33.6 Å². The molecule has 0 unspecified atom stereocenters. The molecule has 22 heavy (non-hydrogen) atoms. The predicted octanol–water partition coefficient (Wildman–Crippen LogP) is -0.364. The normalized spacial score (nSPS) is 19.0. The average Bonchev–Trinajstić information content (AvgIpc) is 2.37. The Morgan fingerprint density at radius 2 is 1.82 bits per heavy atom. The molecule has 1 N–H and O–H groups in total. The number of hydrogen-bond acceptors (Lipinski definition) is 3. The van der Waals surface area contributed by atoms with Crippen molar-refractivity contribution in [3.8, 4) is 5.75 Å². The number of benzene rings is 1.